The van der Waals surface area contributed by atoms with Gasteiger partial charge in [-0.25, -0.2) is 5.43 Å². The second-order valence-electron chi connectivity index (χ2n) is 6.58. The van der Waals surface area contributed by atoms with E-state index in [2.05, 4.69) is 35.3 Å². The van der Waals surface area contributed by atoms with Crippen LogP contribution in [0.3, 0.4) is 0 Å². The van der Waals surface area contributed by atoms with E-state index in [9.17, 15) is 5.11 Å². The number of hydrazone groups is 1. The Hall–Kier alpha value is -2.90. The van der Waals surface area contributed by atoms with Crippen LogP contribution in [0.15, 0.2) is 29.4 Å². The molecule has 0 spiro atoms. The Morgan fingerprint density at radius 3 is 2.04 bits per heavy atom. The average molecular weight is 353 g/mol. The van der Waals surface area contributed by atoms with Crippen molar-refractivity contribution in [3.63, 3.8) is 0 Å². The van der Waals surface area contributed by atoms with E-state index in [1.807, 2.05) is 6.07 Å². The predicted molar refractivity (Wildman–Crippen MR) is 102 cm³/mol. The van der Waals surface area contributed by atoms with Crippen LogP contribution in [0.5, 0.6) is 5.75 Å². The maximum absolute atomic E-state index is 9.81. The highest BCUT2D eigenvalue weighted by molar-refractivity contribution is 5.83. The first kappa shape index (κ1) is 16.6. The third-order valence-electron chi connectivity index (χ3n) is 4.69. The van der Waals surface area contributed by atoms with Gasteiger partial charge >= 0.3 is 0 Å². The number of phenols is 1. The SMILES string of the molecule is Oc1ccccc1/C=N\Nc1nc(N2CCCC2)nc(N2CCCC2)n1. The van der Waals surface area contributed by atoms with Crippen molar-refractivity contribution in [2.45, 2.75) is 25.7 Å². The van der Waals surface area contributed by atoms with Gasteiger partial charge in [-0.1, -0.05) is 12.1 Å². The normalized spacial score (nSPS) is 17.4. The van der Waals surface area contributed by atoms with E-state index >= 15 is 0 Å². The molecule has 3 heterocycles. The molecule has 0 saturated carbocycles. The third-order valence-corrected chi connectivity index (χ3v) is 4.69. The topological polar surface area (TPSA) is 89.8 Å². The molecule has 2 fully saturated rings. The molecular weight excluding hydrogens is 330 g/mol. The van der Waals surface area contributed by atoms with Crippen LogP contribution in [-0.4, -0.2) is 52.5 Å². The van der Waals surface area contributed by atoms with Crippen molar-refractivity contribution in [1.29, 1.82) is 0 Å². The summed E-state index contributed by atoms with van der Waals surface area (Å²) < 4.78 is 0. The first-order valence-corrected chi connectivity index (χ1v) is 9.13. The molecule has 26 heavy (non-hydrogen) atoms. The van der Waals surface area contributed by atoms with Gasteiger partial charge in [-0.3, -0.25) is 0 Å². The van der Waals surface area contributed by atoms with Gasteiger partial charge in [-0.05, 0) is 37.8 Å². The van der Waals surface area contributed by atoms with Gasteiger partial charge in [0.05, 0.1) is 6.21 Å². The number of aromatic nitrogens is 3. The van der Waals surface area contributed by atoms with Crippen LogP contribution < -0.4 is 15.2 Å². The van der Waals surface area contributed by atoms with E-state index in [0.29, 0.717) is 23.4 Å². The minimum Gasteiger partial charge on any atom is -0.507 e. The fraction of sp³-hybridized carbons (Fsp3) is 0.444. The van der Waals surface area contributed by atoms with Crippen molar-refractivity contribution in [3.8, 4) is 5.75 Å². The largest absolute Gasteiger partial charge is 0.507 e. The molecule has 0 radical (unpaired) electrons. The number of aromatic hydroxyl groups is 1. The smallest absolute Gasteiger partial charge is 0.250 e. The molecule has 1 aromatic carbocycles. The Bertz CT molecular complexity index is 749. The van der Waals surface area contributed by atoms with Crippen molar-refractivity contribution >= 4 is 24.1 Å². The lowest BCUT2D eigenvalue weighted by Crippen LogP contribution is -2.25. The van der Waals surface area contributed by atoms with Gasteiger partial charge in [-0.15, -0.1) is 0 Å². The monoisotopic (exact) mass is 353 g/mol. The van der Waals surface area contributed by atoms with Crippen molar-refractivity contribution in [3.05, 3.63) is 29.8 Å². The molecule has 8 nitrogen and oxygen atoms in total. The average Bonchev–Trinajstić information content (AvgIpc) is 3.37. The highest BCUT2D eigenvalue weighted by Crippen LogP contribution is 2.22. The van der Waals surface area contributed by atoms with Gasteiger partial charge in [0.15, 0.2) is 0 Å². The number of hydrogen-bond acceptors (Lipinski definition) is 8. The van der Waals surface area contributed by atoms with Crippen LogP contribution in [0, 0.1) is 0 Å². The summed E-state index contributed by atoms with van der Waals surface area (Å²) in [6, 6.07) is 7.04. The van der Waals surface area contributed by atoms with Gasteiger partial charge in [0.25, 0.3) is 0 Å². The number of hydrogen-bond donors (Lipinski definition) is 2. The summed E-state index contributed by atoms with van der Waals surface area (Å²) in [5, 5.41) is 14.0. The van der Waals surface area contributed by atoms with E-state index in [-0.39, 0.29) is 5.75 Å². The number of rotatable bonds is 5. The molecule has 0 unspecified atom stereocenters. The molecule has 136 valence electrons. The number of para-hydroxylation sites is 1. The molecule has 2 saturated heterocycles. The van der Waals surface area contributed by atoms with Crippen molar-refractivity contribution in [2.24, 2.45) is 5.10 Å². The number of anilines is 3. The summed E-state index contributed by atoms with van der Waals surface area (Å²) in [5.74, 6) is 2.03. The molecule has 0 amide bonds. The maximum Gasteiger partial charge on any atom is 0.250 e. The number of nitrogens with one attached hydrogen (secondary N) is 1. The van der Waals surface area contributed by atoms with Gasteiger partial charge in [-0.2, -0.15) is 20.1 Å². The second-order valence-corrected chi connectivity index (χ2v) is 6.58. The zero-order chi connectivity index (χ0) is 17.8. The summed E-state index contributed by atoms with van der Waals surface area (Å²) >= 11 is 0. The van der Waals surface area contributed by atoms with Gasteiger partial charge < -0.3 is 14.9 Å². The summed E-state index contributed by atoms with van der Waals surface area (Å²) in [6.45, 7) is 3.90. The Kier molecular flexibility index (Phi) is 4.81. The van der Waals surface area contributed by atoms with Crippen LogP contribution in [0.2, 0.25) is 0 Å². The number of phenolic OH excluding ortho intramolecular Hbond substituents is 1. The molecule has 4 rings (SSSR count). The Labute approximate surface area is 152 Å². The Morgan fingerprint density at radius 2 is 1.46 bits per heavy atom. The molecule has 2 aliphatic heterocycles. The van der Waals surface area contributed by atoms with E-state index in [1.165, 1.54) is 25.7 Å². The highest BCUT2D eigenvalue weighted by Gasteiger charge is 2.21. The summed E-state index contributed by atoms with van der Waals surface area (Å²) in [4.78, 5) is 18.1. The van der Waals surface area contributed by atoms with Gasteiger partial charge in [0.1, 0.15) is 5.75 Å². The van der Waals surface area contributed by atoms with Crippen molar-refractivity contribution in [1.82, 2.24) is 15.0 Å². The molecule has 2 aliphatic rings. The lowest BCUT2D eigenvalue weighted by atomic mass is 10.2. The minimum absolute atomic E-state index is 0.184. The standard InChI is InChI=1S/C18H23N7O/c26-15-8-2-1-7-14(15)13-19-23-16-20-17(24-9-3-4-10-24)22-18(21-16)25-11-5-6-12-25/h1-2,7-8,13,26H,3-6,9-12H2,(H,20,21,22,23)/b19-13-. The number of benzene rings is 1. The lowest BCUT2D eigenvalue weighted by Gasteiger charge is -2.20. The summed E-state index contributed by atoms with van der Waals surface area (Å²) in [5.41, 5.74) is 3.52. The minimum atomic E-state index is 0.184. The molecular formula is C18H23N7O. The van der Waals surface area contributed by atoms with Crippen LogP contribution in [0.4, 0.5) is 17.8 Å². The zero-order valence-corrected chi connectivity index (χ0v) is 14.7. The second kappa shape index (κ2) is 7.55. The van der Waals surface area contributed by atoms with Gasteiger partial charge in [0, 0.05) is 31.7 Å². The van der Waals surface area contributed by atoms with Crippen LogP contribution in [0.25, 0.3) is 0 Å². The quantitative estimate of drug-likeness (QED) is 0.629. The Morgan fingerprint density at radius 1 is 0.885 bits per heavy atom. The molecule has 8 heteroatoms. The molecule has 0 atom stereocenters. The summed E-state index contributed by atoms with van der Waals surface area (Å²) in [6.07, 6.45) is 6.22. The molecule has 2 N–H and O–H groups in total. The molecule has 2 aromatic rings. The van der Waals surface area contributed by atoms with E-state index in [0.717, 1.165) is 26.2 Å². The lowest BCUT2D eigenvalue weighted by molar-refractivity contribution is 0.474. The predicted octanol–water partition coefficient (Wildman–Crippen LogP) is 2.22. The van der Waals surface area contributed by atoms with E-state index in [4.69, 9.17) is 0 Å². The van der Waals surface area contributed by atoms with Crippen LogP contribution in [-0.2, 0) is 0 Å². The maximum atomic E-state index is 9.81. The van der Waals surface area contributed by atoms with Crippen molar-refractivity contribution < 1.29 is 5.11 Å². The fourth-order valence-electron chi connectivity index (χ4n) is 3.28. The van der Waals surface area contributed by atoms with E-state index in [1.54, 1.807) is 24.4 Å². The first-order valence-electron chi connectivity index (χ1n) is 9.13. The van der Waals surface area contributed by atoms with Crippen LogP contribution in [0.1, 0.15) is 31.2 Å². The van der Waals surface area contributed by atoms with Crippen LogP contribution >= 0.6 is 0 Å². The zero-order valence-electron chi connectivity index (χ0n) is 14.7. The molecule has 0 aliphatic carbocycles. The van der Waals surface area contributed by atoms with Gasteiger partial charge in [0.2, 0.25) is 17.8 Å². The highest BCUT2D eigenvalue weighted by atomic mass is 16.3. The molecule has 1 aromatic heterocycles. The third kappa shape index (κ3) is 3.68. The van der Waals surface area contributed by atoms with Crippen molar-refractivity contribution in [2.75, 3.05) is 41.4 Å². The summed E-state index contributed by atoms with van der Waals surface area (Å²) in [7, 11) is 0. The number of nitrogens with zero attached hydrogens (tertiary/aromatic N) is 6. The Balaban J connectivity index is 1.56. The van der Waals surface area contributed by atoms with E-state index < -0.39 is 0 Å². The molecule has 0 bridgehead atoms. The first-order chi connectivity index (χ1) is 12.8. The fourth-order valence-corrected chi connectivity index (χ4v) is 3.28.